The van der Waals surface area contributed by atoms with Crippen LogP contribution in [0.5, 0.6) is 0 Å². The number of nitrogens with one attached hydrogen (secondary N) is 2. The highest BCUT2D eigenvalue weighted by molar-refractivity contribution is 5.85. The van der Waals surface area contributed by atoms with Crippen LogP contribution in [0.2, 0.25) is 0 Å². The van der Waals surface area contributed by atoms with Crippen molar-refractivity contribution < 1.29 is 9.59 Å². The van der Waals surface area contributed by atoms with Crippen molar-refractivity contribution in [1.82, 2.24) is 10.7 Å². The van der Waals surface area contributed by atoms with E-state index >= 15 is 0 Å². The van der Waals surface area contributed by atoms with Crippen molar-refractivity contribution in [3.05, 3.63) is 77.9 Å². The number of hydrogen-bond donors (Lipinski definition) is 2. The molecule has 5 nitrogen and oxygen atoms in total. The molecular weight excluding hydrogens is 314 g/mol. The third-order valence-electron chi connectivity index (χ3n) is 3.37. The van der Waals surface area contributed by atoms with Crippen molar-refractivity contribution in [2.45, 2.75) is 12.8 Å². The Kier molecular flexibility index (Phi) is 7.65. The molecule has 0 atom stereocenters. The zero-order valence-electron chi connectivity index (χ0n) is 13.9. The molecule has 128 valence electrons. The molecule has 0 radical (unpaired) electrons. The van der Waals surface area contributed by atoms with Gasteiger partial charge in [0.05, 0.1) is 6.54 Å². The molecule has 0 fully saturated rings. The molecule has 0 aliphatic heterocycles. The summed E-state index contributed by atoms with van der Waals surface area (Å²) in [7, 11) is 0. The van der Waals surface area contributed by atoms with Crippen LogP contribution in [0.25, 0.3) is 6.08 Å². The van der Waals surface area contributed by atoms with E-state index in [1.54, 1.807) is 6.08 Å². The summed E-state index contributed by atoms with van der Waals surface area (Å²) >= 11 is 0. The summed E-state index contributed by atoms with van der Waals surface area (Å²) in [6.45, 7) is -0.0899. The van der Waals surface area contributed by atoms with Crippen molar-refractivity contribution in [1.29, 1.82) is 0 Å². The molecule has 0 unspecified atom stereocenters. The first-order chi connectivity index (χ1) is 12.2. The summed E-state index contributed by atoms with van der Waals surface area (Å²) in [5.74, 6) is -0.524. The molecule has 5 heteroatoms. The quantitative estimate of drug-likeness (QED) is 0.575. The van der Waals surface area contributed by atoms with Crippen molar-refractivity contribution >= 4 is 24.1 Å². The molecule has 0 aromatic heterocycles. The average Bonchev–Trinajstić information content (AvgIpc) is 2.66. The Balaban J connectivity index is 1.61. The number of benzene rings is 2. The first kappa shape index (κ1) is 18.1. The highest BCUT2D eigenvalue weighted by atomic mass is 16.2. The van der Waals surface area contributed by atoms with Gasteiger partial charge < -0.3 is 5.32 Å². The molecule has 2 aromatic rings. The largest absolute Gasteiger partial charge is 0.347 e. The number of rotatable bonds is 8. The van der Waals surface area contributed by atoms with Gasteiger partial charge in [0, 0.05) is 12.6 Å². The van der Waals surface area contributed by atoms with Gasteiger partial charge in [-0.05, 0) is 23.6 Å². The number of nitrogens with zero attached hydrogens (tertiary/aromatic N) is 1. The van der Waals surface area contributed by atoms with Crippen molar-refractivity contribution in [2.75, 3.05) is 6.54 Å². The SMILES string of the molecule is O=C(CCc1ccccc1)NCC(=O)NN=CC=Cc1ccccc1. The Labute approximate surface area is 147 Å². The van der Waals surface area contributed by atoms with Crippen LogP contribution in [0.4, 0.5) is 0 Å². The Bertz CT molecular complexity index is 725. The van der Waals surface area contributed by atoms with E-state index in [0.29, 0.717) is 12.8 Å². The molecule has 0 saturated carbocycles. The van der Waals surface area contributed by atoms with Crippen LogP contribution < -0.4 is 10.7 Å². The van der Waals surface area contributed by atoms with Gasteiger partial charge in [-0.2, -0.15) is 5.10 Å². The lowest BCUT2D eigenvalue weighted by molar-refractivity contribution is -0.126. The summed E-state index contributed by atoms with van der Waals surface area (Å²) in [6.07, 6.45) is 6.09. The predicted octanol–water partition coefficient (Wildman–Crippen LogP) is 2.55. The minimum atomic E-state index is -0.363. The van der Waals surface area contributed by atoms with E-state index in [2.05, 4.69) is 15.8 Å². The predicted molar refractivity (Wildman–Crippen MR) is 99.9 cm³/mol. The molecule has 2 amide bonds. The summed E-state index contributed by atoms with van der Waals surface area (Å²) in [5.41, 5.74) is 4.50. The van der Waals surface area contributed by atoms with E-state index in [4.69, 9.17) is 0 Å². The van der Waals surface area contributed by atoms with Crippen LogP contribution in [0.3, 0.4) is 0 Å². The maximum absolute atomic E-state index is 11.7. The first-order valence-corrected chi connectivity index (χ1v) is 8.08. The molecule has 2 N–H and O–H groups in total. The third-order valence-corrected chi connectivity index (χ3v) is 3.37. The number of carbonyl (C=O) groups is 2. The monoisotopic (exact) mass is 335 g/mol. The molecular formula is C20H21N3O2. The Hall–Kier alpha value is -3.21. The van der Waals surface area contributed by atoms with Gasteiger partial charge >= 0.3 is 0 Å². The van der Waals surface area contributed by atoms with Gasteiger partial charge in [0.25, 0.3) is 5.91 Å². The molecule has 25 heavy (non-hydrogen) atoms. The lowest BCUT2D eigenvalue weighted by atomic mass is 10.1. The van der Waals surface area contributed by atoms with Crippen LogP contribution in [0, 0.1) is 0 Å². The molecule has 0 aliphatic carbocycles. The van der Waals surface area contributed by atoms with Gasteiger partial charge in [0.2, 0.25) is 5.91 Å². The van der Waals surface area contributed by atoms with Gasteiger partial charge in [-0.1, -0.05) is 66.7 Å². The second-order valence-electron chi connectivity index (χ2n) is 5.35. The second kappa shape index (κ2) is 10.5. The molecule has 2 rings (SSSR count). The Morgan fingerprint density at radius 1 is 0.920 bits per heavy atom. The number of hydrogen-bond acceptors (Lipinski definition) is 3. The first-order valence-electron chi connectivity index (χ1n) is 8.08. The third kappa shape index (κ3) is 7.74. The van der Waals surface area contributed by atoms with Crippen molar-refractivity contribution in [3.63, 3.8) is 0 Å². The van der Waals surface area contributed by atoms with Gasteiger partial charge in [0.15, 0.2) is 0 Å². The fourth-order valence-electron chi connectivity index (χ4n) is 2.08. The zero-order chi connectivity index (χ0) is 17.7. The van der Waals surface area contributed by atoms with Gasteiger partial charge in [-0.15, -0.1) is 0 Å². The summed E-state index contributed by atoms with van der Waals surface area (Å²) < 4.78 is 0. The number of aryl methyl sites for hydroxylation is 1. The second-order valence-corrected chi connectivity index (χ2v) is 5.35. The van der Waals surface area contributed by atoms with Crippen LogP contribution in [-0.2, 0) is 16.0 Å². The van der Waals surface area contributed by atoms with E-state index in [9.17, 15) is 9.59 Å². The maximum Gasteiger partial charge on any atom is 0.259 e. The van der Waals surface area contributed by atoms with E-state index in [1.807, 2.05) is 66.7 Å². The number of amides is 2. The van der Waals surface area contributed by atoms with E-state index in [0.717, 1.165) is 11.1 Å². The van der Waals surface area contributed by atoms with Gasteiger partial charge in [-0.3, -0.25) is 9.59 Å². The molecule has 0 saturated heterocycles. The minimum Gasteiger partial charge on any atom is -0.347 e. The van der Waals surface area contributed by atoms with E-state index in [1.165, 1.54) is 6.21 Å². The summed E-state index contributed by atoms with van der Waals surface area (Å²) in [6, 6.07) is 19.5. The Morgan fingerprint density at radius 2 is 1.60 bits per heavy atom. The number of hydrazone groups is 1. The molecule has 0 bridgehead atoms. The Morgan fingerprint density at radius 3 is 2.32 bits per heavy atom. The number of allylic oxidation sites excluding steroid dienone is 1. The molecule has 2 aromatic carbocycles. The maximum atomic E-state index is 11.7. The lowest BCUT2D eigenvalue weighted by Gasteiger charge is -2.04. The molecule has 0 spiro atoms. The number of carbonyl (C=O) groups excluding carboxylic acids is 2. The standard InChI is InChI=1S/C20H21N3O2/c24-19(14-13-18-10-5-2-6-11-18)21-16-20(25)23-22-15-7-12-17-8-3-1-4-9-17/h1-12,15H,13-14,16H2,(H,21,24)(H,23,25). The average molecular weight is 335 g/mol. The summed E-state index contributed by atoms with van der Waals surface area (Å²) in [4.78, 5) is 23.3. The van der Waals surface area contributed by atoms with Crippen LogP contribution in [0.1, 0.15) is 17.5 Å². The highest BCUT2D eigenvalue weighted by Gasteiger charge is 2.04. The zero-order valence-corrected chi connectivity index (χ0v) is 13.9. The van der Waals surface area contributed by atoms with Crippen molar-refractivity contribution in [3.8, 4) is 0 Å². The highest BCUT2D eigenvalue weighted by Crippen LogP contribution is 2.02. The smallest absolute Gasteiger partial charge is 0.259 e. The fourth-order valence-corrected chi connectivity index (χ4v) is 2.08. The minimum absolute atomic E-state index is 0.0899. The van der Waals surface area contributed by atoms with Crippen LogP contribution >= 0.6 is 0 Å². The van der Waals surface area contributed by atoms with Crippen LogP contribution in [0.15, 0.2) is 71.8 Å². The fraction of sp³-hybridized carbons (Fsp3) is 0.150. The molecule has 0 heterocycles. The van der Waals surface area contributed by atoms with Crippen LogP contribution in [-0.4, -0.2) is 24.6 Å². The van der Waals surface area contributed by atoms with Crippen molar-refractivity contribution in [2.24, 2.45) is 5.10 Å². The molecule has 0 aliphatic rings. The summed E-state index contributed by atoms with van der Waals surface area (Å²) in [5, 5.41) is 6.37. The van der Waals surface area contributed by atoms with Gasteiger partial charge in [0.1, 0.15) is 0 Å². The topological polar surface area (TPSA) is 70.6 Å². The van der Waals surface area contributed by atoms with E-state index < -0.39 is 0 Å². The van der Waals surface area contributed by atoms with E-state index in [-0.39, 0.29) is 18.4 Å². The normalized spacial score (nSPS) is 10.9. The van der Waals surface area contributed by atoms with Gasteiger partial charge in [-0.25, -0.2) is 5.43 Å². The lowest BCUT2D eigenvalue weighted by Crippen LogP contribution is -2.34.